The summed E-state index contributed by atoms with van der Waals surface area (Å²) in [5, 5.41) is 15.6. The van der Waals surface area contributed by atoms with Gasteiger partial charge in [-0.05, 0) is 26.2 Å². The summed E-state index contributed by atoms with van der Waals surface area (Å²) in [5.74, 6) is -1.04. The summed E-state index contributed by atoms with van der Waals surface area (Å²) in [7, 11) is 0. The number of rotatable bonds is 8. The number of hydrogen-bond donors (Lipinski definition) is 4. The third-order valence-corrected chi connectivity index (χ3v) is 4.39. The molecule has 0 spiro atoms. The Morgan fingerprint density at radius 3 is 2.82 bits per heavy atom. The molecular weight excluding hydrogens is 364 g/mol. The second-order valence-electron chi connectivity index (χ2n) is 7.07. The zero-order valence-corrected chi connectivity index (χ0v) is 16.9. The van der Waals surface area contributed by atoms with Crippen molar-refractivity contribution < 1.29 is 19.1 Å². The number of carbonyl (C=O) groups excluding carboxylic acids is 3. The van der Waals surface area contributed by atoms with Gasteiger partial charge in [-0.3, -0.25) is 19.7 Å². The Balaban J connectivity index is 2.00. The number of nitrogens with zero attached hydrogens (tertiary/aromatic N) is 2. The largest absolute Gasteiger partial charge is 0.382 e. The van der Waals surface area contributed by atoms with Gasteiger partial charge in [0.1, 0.15) is 5.82 Å². The molecule has 3 amide bonds. The van der Waals surface area contributed by atoms with E-state index in [9.17, 15) is 14.4 Å². The van der Waals surface area contributed by atoms with E-state index in [-0.39, 0.29) is 17.9 Å². The first-order valence-corrected chi connectivity index (χ1v) is 9.60. The quantitative estimate of drug-likeness (QED) is 0.370. The highest BCUT2D eigenvalue weighted by molar-refractivity contribution is 6.39. The maximum atomic E-state index is 12.2. The molecule has 0 radical (unpaired) electrons. The van der Waals surface area contributed by atoms with Crippen LogP contribution >= 0.6 is 0 Å². The van der Waals surface area contributed by atoms with Crippen LogP contribution in [0.2, 0.25) is 0 Å². The van der Waals surface area contributed by atoms with E-state index < -0.39 is 18.1 Å². The number of ether oxygens (including phenoxy) is 1. The molecule has 1 saturated heterocycles. The van der Waals surface area contributed by atoms with Crippen molar-refractivity contribution in [1.29, 1.82) is 0 Å². The predicted octanol–water partition coefficient (Wildman–Crippen LogP) is 0.263. The van der Waals surface area contributed by atoms with Crippen LogP contribution in [-0.2, 0) is 19.1 Å². The summed E-state index contributed by atoms with van der Waals surface area (Å²) in [5.41, 5.74) is 0.648. The van der Waals surface area contributed by atoms with E-state index in [0.717, 1.165) is 0 Å². The molecule has 2 unspecified atom stereocenters. The van der Waals surface area contributed by atoms with Crippen molar-refractivity contribution in [2.45, 2.75) is 52.9 Å². The van der Waals surface area contributed by atoms with E-state index in [1.165, 1.54) is 4.68 Å². The molecule has 10 nitrogen and oxygen atoms in total. The van der Waals surface area contributed by atoms with Crippen LogP contribution < -0.4 is 21.3 Å². The predicted molar refractivity (Wildman–Crippen MR) is 103 cm³/mol. The fourth-order valence-corrected chi connectivity index (χ4v) is 2.86. The molecule has 0 bridgehead atoms. The van der Waals surface area contributed by atoms with E-state index in [1.54, 1.807) is 13.0 Å². The minimum atomic E-state index is -0.792. The van der Waals surface area contributed by atoms with Gasteiger partial charge in [0.15, 0.2) is 6.29 Å². The lowest BCUT2D eigenvalue weighted by atomic mass is 9.99. The van der Waals surface area contributed by atoms with Crippen LogP contribution in [0.1, 0.15) is 45.6 Å². The van der Waals surface area contributed by atoms with Crippen molar-refractivity contribution in [3.8, 4) is 0 Å². The molecule has 28 heavy (non-hydrogen) atoms. The minimum absolute atomic E-state index is 0.0135. The average Bonchev–Trinajstić information content (AvgIpc) is 3.01. The van der Waals surface area contributed by atoms with Gasteiger partial charge in [-0.2, -0.15) is 5.10 Å². The highest BCUT2D eigenvalue weighted by Gasteiger charge is 2.30. The molecule has 0 aliphatic carbocycles. The Morgan fingerprint density at radius 1 is 1.39 bits per heavy atom. The number of aryl methyl sites for hydroxylation is 1. The molecule has 2 heterocycles. The number of nitrogens with one attached hydrogen (secondary N) is 4. The second-order valence-corrected chi connectivity index (χ2v) is 7.07. The normalized spacial score (nSPS) is 19.4. The SMILES string of the molecule is CCOCCCNC(=O)C(=O)Nc1cc(C)nn1C1NC(=O)CC(C(C)C)N1. The van der Waals surface area contributed by atoms with Gasteiger partial charge in [0.25, 0.3) is 0 Å². The Bertz CT molecular complexity index is 702. The summed E-state index contributed by atoms with van der Waals surface area (Å²) in [4.78, 5) is 36.2. The lowest BCUT2D eigenvalue weighted by Gasteiger charge is -2.34. The first-order valence-electron chi connectivity index (χ1n) is 9.60. The Morgan fingerprint density at radius 2 is 2.14 bits per heavy atom. The third kappa shape index (κ3) is 6.03. The molecule has 0 aromatic carbocycles. The van der Waals surface area contributed by atoms with Crippen molar-refractivity contribution in [3.05, 3.63) is 11.8 Å². The van der Waals surface area contributed by atoms with Crippen molar-refractivity contribution >= 4 is 23.5 Å². The van der Waals surface area contributed by atoms with Crippen molar-refractivity contribution in [3.63, 3.8) is 0 Å². The minimum Gasteiger partial charge on any atom is -0.382 e. The third-order valence-electron chi connectivity index (χ3n) is 4.39. The zero-order chi connectivity index (χ0) is 20.7. The number of carbonyl (C=O) groups is 3. The van der Waals surface area contributed by atoms with Gasteiger partial charge in [0.05, 0.1) is 5.69 Å². The topological polar surface area (TPSA) is 126 Å². The summed E-state index contributed by atoms with van der Waals surface area (Å²) < 4.78 is 6.66. The summed E-state index contributed by atoms with van der Waals surface area (Å²) in [6.07, 6.45) is 0.394. The van der Waals surface area contributed by atoms with Gasteiger partial charge in [0.2, 0.25) is 5.91 Å². The number of aromatic nitrogens is 2. The van der Waals surface area contributed by atoms with Crippen LogP contribution in [0.25, 0.3) is 0 Å². The lowest BCUT2D eigenvalue weighted by Crippen LogP contribution is -2.55. The molecule has 2 rings (SSSR count). The molecule has 1 aliphatic rings. The highest BCUT2D eigenvalue weighted by atomic mass is 16.5. The maximum absolute atomic E-state index is 12.2. The molecule has 1 aromatic rings. The zero-order valence-electron chi connectivity index (χ0n) is 16.9. The average molecular weight is 394 g/mol. The number of anilines is 1. The van der Waals surface area contributed by atoms with Crippen LogP contribution in [0.15, 0.2) is 6.07 Å². The fourth-order valence-electron chi connectivity index (χ4n) is 2.86. The molecule has 2 atom stereocenters. The van der Waals surface area contributed by atoms with Gasteiger partial charge in [-0.1, -0.05) is 13.8 Å². The smallest absolute Gasteiger partial charge is 0.314 e. The van der Waals surface area contributed by atoms with Crippen LogP contribution in [0.4, 0.5) is 5.82 Å². The molecule has 0 saturated carbocycles. The van der Waals surface area contributed by atoms with Crippen LogP contribution in [0.5, 0.6) is 0 Å². The van der Waals surface area contributed by atoms with Gasteiger partial charge in [-0.25, -0.2) is 4.68 Å². The van der Waals surface area contributed by atoms with Crippen LogP contribution in [-0.4, -0.2) is 53.3 Å². The van der Waals surface area contributed by atoms with E-state index in [0.29, 0.717) is 44.1 Å². The molecule has 1 aromatic heterocycles. The first-order chi connectivity index (χ1) is 13.3. The molecule has 10 heteroatoms. The van der Waals surface area contributed by atoms with Gasteiger partial charge >= 0.3 is 11.8 Å². The standard InChI is InChI=1S/C18H30N6O4/c1-5-28-8-6-7-19-16(26)17(27)21-14-9-12(4)23-24(14)18-20-13(11(2)3)10-15(25)22-18/h9,11,13,18,20H,5-8,10H2,1-4H3,(H,19,26)(H,21,27)(H,22,25). The van der Waals surface area contributed by atoms with Crippen molar-refractivity contribution in [2.75, 3.05) is 25.1 Å². The molecular formula is C18H30N6O4. The second kappa shape index (κ2) is 10.2. The van der Waals surface area contributed by atoms with E-state index in [2.05, 4.69) is 26.4 Å². The van der Waals surface area contributed by atoms with Crippen molar-refractivity contribution in [1.82, 2.24) is 25.7 Å². The fraction of sp³-hybridized carbons (Fsp3) is 0.667. The Hall–Kier alpha value is -2.46. The number of amides is 3. The molecule has 156 valence electrons. The van der Waals surface area contributed by atoms with Crippen molar-refractivity contribution in [2.24, 2.45) is 5.92 Å². The van der Waals surface area contributed by atoms with E-state index in [1.807, 2.05) is 20.8 Å². The van der Waals surface area contributed by atoms with E-state index >= 15 is 0 Å². The summed E-state index contributed by atoms with van der Waals surface area (Å²) in [6, 6.07) is 1.63. The molecule has 1 aliphatic heterocycles. The summed E-state index contributed by atoms with van der Waals surface area (Å²) >= 11 is 0. The summed E-state index contributed by atoms with van der Waals surface area (Å²) in [6.45, 7) is 9.20. The van der Waals surface area contributed by atoms with E-state index in [4.69, 9.17) is 4.74 Å². The number of hydrogen-bond acceptors (Lipinski definition) is 6. The Labute approximate surface area is 164 Å². The maximum Gasteiger partial charge on any atom is 0.314 e. The monoisotopic (exact) mass is 394 g/mol. The first kappa shape index (κ1) is 21.8. The Kier molecular flexibility index (Phi) is 7.94. The lowest BCUT2D eigenvalue weighted by molar-refractivity contribution is -0.136. The highest BCUT2D eigenvalue weighted by Crippen LogP contribution is 2.19. The van der Waals surface area contributed by atoms with Crippen LogP contribution in [0, 0.1) is 12.8 Å². The van der Waals surface area contributed by atoms with Gasteiger partial charge in [-0.15, -0.1) is 0 Å². The molecule has 1 fully saturated rings. The van der Waals surface area contributed by atoms with Gasteiger partial charge in [0, 0.05) is 38.3 Å². The molecule has 4 N–H and O–H groups in total. The van der Waals surface area contributed by atoms with Gasteiger partial charge < -0.3 is 20.7 Å². The van der Waals surface area contributed by atoms with Crippen LogP contribution in [0.3, 0.4) is 0 Å².